The van der Waals surface area contributed by atoms with Crippen molar-refractivity contribution in [2.45, 2.75) is 0 Å². The standard InChI is InChI=1S/C17H11ClN2O2S/c18-13-3-1-12(2-4-13)14(21)10-16-20-17(22)15(23-16)9-11-5-7-19-8-6-11/h1-10H,(H,20,22)/b15-9+,16-10+. The molecule has 0 atom stereocenters. The van der Waals surface area contributed by atoms with Crippen molar-refractivity contribution in [2.75, 3.05) is 0 Å². The number of carbonyl (C=O) groups is 1. The molecule has 1 N–H and O–H groups in total. The van der Waals surface area contributed by atoms with E-state index in [9.17, 15) is 9.59 Å². The molecule has 0 aliphatic carbocycles. The van der Waals surface area contributed by atoms with Gasteiger partial charge in [-0.2, -0.15) is 0 Å². The van der Waals surface area contributed by atoms with Crippen LogP contribution < -0.4 is 14.8 Å². The van der Waals surface area contributed by atoms with Gasteiger partial charge in [0.1, 0.15) is 0 Å². The second-order valence-corrected chi connectivity index (χ2v) is 6.25. The molecule has 4 nitrogen and oxygen atoms in total. The van der Waals surface area contributed by atoms with Gasteiger partial charge >= 0.3 is 0 Å². The molecule has 23 heavy (non-hydrogen) atoms. The van der Waals surface area contributed by atoms with Crippen molar-refractivity contribution in [1.29, 1.82) is 0 Å². The van der Waals surface area contributed by atoms with Crippen molar-refractivity contribution in [3.63, 3.8) is 0 Å². The Morgan fingerprint density at radius 1 is 1.13 bits per heavy atom. The molecule has 6 heteroatoms. The number of hydrogen-bond donors (Lipinski definition) is 1. The van der Waals surface area contributed by atoms with Gasteiger partial charge in [0.2, 0.25) is 0 Å². The number of Topliss-reactive ketones (excluding diaryl/α,β-unsaturated/α-hetero) is 1. The molecule has 0 saturated carbocycles. The van der Waals surface area contributed by atoms with Crippen LogP contribution in [0.2, 0.25) is 5.02 Å². The summed E-state index contributed by atoms with van der Waals surface area (Å²) in [4.78, 5) is 30.8. The summed E-state index contributed by atoms with van der Waals surface area (Å²) in [5.41, 5.74) is 1.17. The van der Waals surface area contributed by atoms with Gasteiger partial charge in [0, 0.05) is 29.1 Å². The molecule has 3 aromatic rings. The summed E-state index contributed by atoms with van der Waals surface area (Å²) in [6.45, 7) is 0. The largest absolute Gasteiger partial charge is 0.313 e. The van der Waals surface area contributed by atoms with E-state index in [1.807, 2.05) is 0 Å². The van der Waals surface area contributed by atoms with Crippen LogP contribution in [0.4, 0.5) is 0 Å². The van der Waals surface area contributed by atoms with E-state index < -0.39 is 0 Å². The molecule has 2 heterocycles. The van der Waals surface area contributed by atoms with Gasteiger partial charge < -0.3 is 4.98 Å². The maximum atomic E-state index is 12.2. The lowest BCUT2D eigenvalue weighted by atomic mass is 10.1. The summed E-state index contributed by atoms with van der Waals surface area (Å²) in [6, 6.07) is 10.2. The van der Waals surface area contributed by atoms with Gasteiger partial charge in [-0.3, -0.25) is 14.6 Å². The fourth-order valence-electron chi connectivity index (χ4n) is 1.95. The van der Waals surface area contributed by atoms with E-state index in [2.05, 4.69) is 9.97 Å². The smallest absolute Gasteiger partial charge is 0.266 e. The number of thiazole rings is 1. The molecule has 3 rings (SSSR count). The summed E-state index contributed by atoms with van der Waals surface area (Å²) in [7, 11) is 0. The number of rotatable bonds is 3. The number of halogens is 1. The predicted molar refractivity (Wildman–Crippen MR) is 92.2 cm³/mol. The molecular weight excluding hydrogens is 332 g/mol. The first kappa shape index (κ1) is 15.4. The Labute approximate surface area is 140 Å². The Kier molecular flexibility index (Phi) is 4.50. The third-order valence-corrected chi connectivity index (χ3v) is 4.29. The Balaban J connectivity index is 1.97. The monoisotopic (exact) mass is 342 g/mol. The Bertz CT molecular complexity index is 1010. The molecule has 0 bridgehead atoms. The summed E-state index contributed by atoms with van der Waals surface area (Å²) in [6.07, 6.45) is 6.49. The number of carbonyl (C=O) groups excluding carboxylic acids is 1. The Morgan fingerprint density at radius 2 is 1.83 bits per heavy atom. The maximum absolute atomic E-state index is 12.2. The molecule has 2 aromatic heterocycles. The highest BCUT2D eigenvalue weighted by Crippen LogP contribution is 2.10. The van der Waals surface area contributed by atoms with E-state index in [4.69, 9.17) is 11.6 Å². The fraction of sp³-hybridized carbons (Fsp3) is 0. The van der Waals surface area contributed by atoms with Gasteiger partial charge in [0.05, 0.1) is 9.20 Å². The molecule has 0 fully saturated rings. The van der Waals surface area contributed by atoms with Crippen molar-refractivity contribution >= 4 is 40.9 Å². The van der Waals surface area contributed by atoms with E-state index in [0.29, 0.717) is 19.8 Å². The average Bonchev–Trinajstić information content (AvgIpc) is 2.88. The topological polar surface area (TPSA) is 62.8 Å². The van der Waals surface area contributed by atoms with Crippen molar-refractivity contribution < 1.29 is 4.79 Å². The van der Waals surface area contributed by atoms with Crippen LogP contribution in [-0.4, -0.2) is 15.8 Å². The van der Waals surface area contributed by atoms with Crippen LogP contribution in [0.5, 0.6) is 0 Å². The first-order valence-corrected chi connectivity index (χ1v) is 7.94. The van der Waals surface area contributed by atoms with Crippen molar-refractivity contribution in [1.82, 2.24) is 9.97 Å². The zero-order valence-electron chi connectivity index (χ0n) is 11.8. The van der Waals surface area contributed by atoms with Gasteiger partial charge in [0.25, 0.3) is 5.56 Å². The minimum Gasteiger partial charge on any atom is -0.313 e. The number of pyridine rings is 1. The van der Waals surface area contributed by atoms with Crippen LogP contribution in [0.1, 0.15) is 15.9 Å². The number of ketones is 1. The highest BCUT2D eigenvalue weighted by molar-refractivity contribution is 7.07. The highest BCUT2D eigenvalue weighted by Gasteiger charge is 2.03. The second kappa shape index (κ2) is 6.73. The quantitative estimate of drug-likeness (QED) is 0.740. The van der Waals surface area contributed by atoms with Gasteiger partial charge in [-0.05, 0) is 48.0 Å². The van der Waals surface area contributed by atoms with E-state index in [0.717, 1.165) is 5.56 Å². The Morgan fingerprint density at radius 3 is 2.52 bits per heavy atom. The van der Waals surface area contributed by atoms with E-state index >= 15 is 0 Å². The van der Waals surface area contributed by atoms with E-state index in [1.165, 1.54) is 17.4 Å². The van der Waals surface area contributed by atoms with Gasteiger partial charge in [0.15, 0.2) is 5.78 Å². The molecule has 0 unspecified atom stereocenters. The summed E-state index contributed by atoms with van der Waals surface area (Å²) < 4.78 is 1.04. The van der Waals surface area contributed by atoms with Crippen molar-refractivity contribution in [2.24, 2.45) is 0 Å². The SMILES string of the molecule is O=C(/C=c1\[nH]c(=O)/c(=C\c2ccncc2)s1)c1ccc(Cl)cc1. The summed E-state index contributed by atoms with van der Waals surface area (Å²) in [5, 5.41) is 0.570. The normalized spacial score (nSPS) is 12.6. The molecule has 1 aromatic carbocycles. The van der Waals surface area contributed by atoms with Crippen LogP contribution in [-0.2, 0) is 0 Å². The molecule has 0 aliphatic rings. The van der Waals surface area contributed by atoms with Crippen LogP contribution >= 0.6 is 22.9 Å². The minimum atomic E-state index is -0.220. The van der Waals surface area contributed by atoms with E-state index in [-0.39, 0.29) is 11.3 Å². The number of aromatic amines is 1. The number of hydrogen-bond acceptors (Lipinski definition) is 4. The molecule has 0 spiro atoms. The third kappa shape index (κ3) is 3.83. The number of H-pyrrole nitrogens is 1. The average molecular weight is 343 g/mol. The number of aromatic nitrogens is 2. The minimum absolute atomic E-state index is 0.186. The zero-order valence-corrected chi connectivity index (χ0v) is 13.4. The van der Waals surface area contributed by atoms with Crippen LogP contribution in [0.3, 0.4) is 0 Å². The fourth-order valence-corrected chi connectivity index (χ4v) is 2.96. The lowest BCUT2D eigenvalue weighted by Crippen LogP contribution is -2.20. The van der Waals surface area contributed by atoms with Crippen molar-refractivity contribution in [3.8, 4) is 0 Å². The third-order valence-electron chi connectivity index (χ3n) is 3.08. The highest BCUT2D eigenvalue weighted by atomic mass is 35.5. The zero-order chi connectivity index (χ0) is 16.2. The van der Waals surface area contributed by atoms with Gasteiger partial charge in [-0.25, -0.2) is 0 Å². The van der Waals surface area contributed by atoms with E-state index in [1.54, 1.807) is 54.9 Å². The predicted octanol–water partition coefficient (Wildman–Crippen LogP) is 1.98. The lowest BCUT2D eigenvalue weighted by molar-refractivity contribution is 0.106. The summed E-state index contributed by atoms with van der Waals surface area (Å²) >= 11 is 7.04. The first-order chi connectivity index (χ1) is 11.1. The van der Waals surface area contributed by atoms with Crippen LogP contribution in [0, 0.1) is 0 Å². The maximum Gasteiger partial charge on any atom is 0.266 e. The number of benzene rings is 1. The second-order valence-electron chi connectivity index (χ2n) is 4.73. The van der Waals surface area contributed by atoms with Gasteiger partial charge in [-0.15, -0.1) is 11.3 Å². The lowest BCUT2D eigenvalue weighted by Gasteiger charge is -1.94. The van der Waals surface area contributed by atoms with Crippen LogP contribution in [0.25, 0.3) is 12.2 Å². The number of nitrogens with zero attached hydrogens (tertiary/aromatic N) is 1. The molecule has 0 radical (unpaired) electrons. The number of nitrogens with one attached hydrogen (secondary N) is 1. The van der Waals surface area contributed by atoms with Gasteiger partial charge in [-0.1, -0.05) is 11.6 Å². The molecule has 114 valence electrons. The van der Waals surface area contributed by atoms with Crippen molar-refractivity contribution in [3.05, 3.63) is 84.5 Å². The first-order valence-electron chi connectivity index (χ1n) is 6.74. The summed E-state index contributed by atoms with van der Waals surface area (Å²) in [5.74, 6) is -0.186. The molecular formula is C17H11ClN2O2S. The van der Waals surface area contributed by atoms with Crippen LogP contribution in [0.15, 0.2) is 53.6 Å². The molecule has 0 aliphatic heterocycles. The Hall–Kier alpha value is -2.50. The molecule has 0 saturated heterocycles. The molecule has 0 amide bonds.